The number of carbonyl (C=O) groups excluding carboxylic acids is 1. The zero-order valence-electron chi connectivity index (χ0n) is 23.1. The first kappa shape index (κ1) is 29.3. The van der Waals surface area contributed by atoms with E-state index in [-0.39, 0.29) is 29.5 Å². The Labute approximate surface area is 251 Å². The number of benzene rings is 3. The van der Waals surface area contributed by atoms with Crippen LogP contribution in [0, 0.1) is 5.82 Å². The minimum atomic E-state index is -0.999. The molecule has 0 atom stereocenters. The number of hydrogen-bond donors (Lipinski definition) is 1. The number of pyridine rings is 1. The number of thiophene rings is 1. The van der Waals surface area contributed by atoms with Crippen LogP contribution >= 0.6 is 22.9 Å². The average Bonchev–Trinajstić information content (AvgIpc) is 3.33. The average molecular weight is 606 g/mol. The molecule has 0 bridgehead atoms. The summed E-state index contributed by atoms with van der Waals surface area (Å²) in [6, 6.07) is 21.9. The van der Waals surface area contributed by atoms with Crippen molar-refractivity contribution in [2.75, 3.05) is 19.4 Å². The van der Waals surface area contributed by atoms with Crippen molar-refractivity contribution in [2.24, 2.45) is 0 Å². The Hall–Kier alpha value is -4.18. The van der Waals surface area contributed by atoms with Crippen molar-refractivity contribution < 1.29 is 18.7 Å². The predicted molar refractivity (Wildman–Crippen MR) is 166 cm³/mol. The Kier molecular flexibility index (Phi) is 8.91. The van der Waals surface area contributed by atoms with E-state index in [1.54, 1.807) is 29.7 Å². The van der Waals surface area contributed by atoms with Gasteiger partial charge in [0.25, 0.3) is 0 Å². The number of anilines is 1. The second-order valence-corrected chi connectivity index (χ2v) is 11.2. The van der Waals surface area contributed by atoms with Gasteiger partial charge in [-0.1, -0.05) is 60.1 Å². The zero-order valence-corrected chi connectivity index (χ0v) is 24.7. The molecule has 7 nitrogen and oxygen atoms in total. The molecule has 0 spiro atoms. The van der Waals surface area contributed by atoms with Gasteiger partial charge in [0.2, 0.25) is 5.43 Å². The highest BCUT2D eigenvalue weighted by molar-refractivity contribution is 7.22. The molecule has 2 aromatic heterocycles. The Morgan fingerprint density at radius 1 is 1.02 bits per heavy atom. The van der Waals surface area contributed by atoms with E-state index in [1.165, 1.54) is 29.7 Å². The Balaban J connectivity index is 1.72. The quantitative estimate of drug-likeness (QED) is 0.140. The van der Waals surface area contributed by atoms with Crippen molar-refractivity contribution in [1.29, 1.82) is 0 Å². The molecular weight excluding hydrogens is 577 g/mol. The van der Waals surface area contributed by atoms with E-state index in [1.807, 2.05) is 49.5 Å². The molecule has 0 unspecified atom stereocenters. The fourth-order valence-electron chi connectivity index (χ4n) is 4.79. The lowest BCUT2D eigenvalue weighted by atomic mass is 10.0. The summed E-state index contributed by atoms with van der Waals surface area (Å²) < 4.78 is 26.9. The second kappa shape index (κ2) is 12.8. The van der Waals surface area contributed by atoms with E-state index in [0.717, 1.165) is 21.6 Å². The van der Waals surface area contributed by atoms with Crippen LogP contribution in [-0.4, -0.2) is 29.3 Å². The molecule has 0 aliphatic rings. The number of aromatic nitrogens is 1. The van der Waals surface area contributed by atoms with E-state index in [0.29, 0.717) is 29.0 Å². The first-order valence-electron chi connectivity index (χ1n) is 13.3. The molecule has 2 N–H and O–H groups in total. The molecule has 5 rings (SSSR count). The molecule has 216 valence electrons. The summed E-state index contributed by atoms with van der Waals surface area (Å²) in [6.07, 6.45) is 0.409. The number of halogens is 2. The van der Waals surface area contributed by atoms with Crippen LogP contribution in [0.5, 0.6) is 5.75 Å². The molecule has 2 heterocycles. The van der Waals surface area contributed by atoms with E-state index in [9.17, 15) is 14.0 Å². The molecule has 5 aromatic rings. The first-order valence-corrected chi connectivity index (χ1v) is 14.5. The van der Waals surface area contributed by atoms with Gasteiger partial charge in [-0.2, -0.15) is 0 Å². The standard InChI is InChI=1S/C32H29ClFN3O4S/c1-3-40-32(39)41-27-19-37(18-23-25(33)10-7-11-26(23)34)31-28(29(27)38)24(17-36(2)16-20-8-5-4-6-9-20)30(42-31)21-12-14-22(35)15-13-21/h4-15,19H,3,16-18,35H2,1-2H3. The van der Waals surface area contributed by atoms with E-state index in [4.69, 9.17) is 26.8 Å². The minimum Gasteiger partial charge on any atom is -0.434 e. The van der Waals surface area contributed by atoms with Crippen molar-refractivity contribution in [3.63, 3.8) is 0 Å². The third-order valence-electron chi connectivity index (χ3n) is 6.72. The molecule has 0 radical (unpaired) electrons. The van der Waals surface area contributed by atoms with Gasteiger partial charge in [0.05, 0.1) is 24.7 Å². The highest BCUT2D eigenvalue weighted by Gasteiger charge is 2.24. The monoisotopic (exact) mass is 605 g/mol. The van der Waals surface area contributed by atoms with Gasteiger partial charge in [-0.05, 0) is 54.9 Å². The number of nitrogens with two attached hydrogens (primary N) is 1. The molecule has 0 amide bonds. The number of fused-ring (bicyclic) bond motifs is 1. The highest BCUT2D eigenvalue weighted by Crippen LogP contribution is 2.40. The molecule has 0 aliphatic heterocycles. The fourth-order valence-corrected chi connectivity index (χ4v) is 6.30. The third kappa shape index (κ3) is 6.33. The maximum Gasteiger partial charge on any atom is 0.514 e. The van der Waals surface area contributed by atoms with Crippen molar-refractivity contribution in [3.05, 3.63) is 117 Å². The smallest absolute Gasteiger partial charge is 0.434 e. The van der Waals surface area contributed by atoms with Crippen LogP contribution in [0.1, 0.15) is 23.6 Å². The van der Waals surface area contributed by atoms with Crippen LogP contribution in [0.15, 0.2) is 83.8 Å². The lowest BCUT2D eigenvalue weighted by molar-refractivity contribution is 0.104. The first-order chi connectivity index (χ1) is 20.2. The lowest BCUT2D eigenvalue weighted by Gasteiger charge is -2.18. The van der Waals surface area contributed by atoms with E-state index >= 15 is 0 Å². The number of nitrogens with zero attached hydrogens (tertiary/aromatic N) is 2. The Bertz CT molecular complexity index is 1770. The van der Waals surface area contributed by atoms with E-state index in [2.05, 4.69) is 4.90 Å². The van der Waals surface area contributed by atoms with Gasteiger partial charge in [-0.3, -0.25) is 9.69 Å². The summed E-state index contributed by atoms with van der Waals surface area (Å²) in [5.74, 6) is -0.706. The number of hydrogen-bond acceptors (Lipinski definition) is 7. The third-order valence-corrected chi connectivity index (χ3v) is 8.39. The van der Waals surface area contributed by atoms with Gasteiger partial charge in [-0.25, -0.2) is 9.18 Å². The number of ether oxygens (including phenoxy) is 2. The summed E-state index contributed by atoms with van der Waals surface area (Å²) in [5, 5.41) is 0.619. The Morgan fingerprint density at radius 2 is 1.76 bits per heavy atom. The normalized spacial score (nSPS) is 11.3. The van der Waals surface area contributed by atoms with Crippen LogP contribution in [0.25, 0.3) is 20.7 Å². The summed E-state index contributed by atoms with van der Waals surface area (Å²) in [5.41, 5.74) is 9.11. The second-order valence-electron chi connectivity index (χ2n) is 9.81. The molecule has 0 saturated carbocycles. The summed E-state index contributed by atoms with van der Waals surface area (Å²) >= 11 is 7.78. The van der Waals surface area contributed by atoms with Crippen LogP contribution in [0.2, 0.25) is 5.02 Å². The number of rotatable bonds is 9. The largest absolute Gasteiger partial charge is 0.514 e. The van der Waals surface area contributed by atoms with Gasteiger partial charge >= 0.3 is 6.16 Å². The van der Waals surface area contributed by atoms with Gasteiger partial charge in [0.1, 0.15) is 10.6 Å². The summed E-state index contributed by atoms with van der Waals surface area (Å²) in [6.45, 7) is 2.77. The lowest BCUT2D eigenvalue weighted by Crippen LogP contribution is -2.21. The minimum absolute atomic E-state index is 0.00244. The maximum absolute atomic E-state index is 14.9. The summed E-state index contributed by atoms with van der Waals surface area (Å²) in [4.78, 5) is 29.8. The number of nitrogen functional groups attached to an aromatic ring is 1. The maximum atomic E-state index is 14.9. The molecule has 0 aliphatic carbocycles. The molecule has 0 fully saturated rings. The zero-order chi connectivity index (χ0) is 29.8. The van der Waals surface area contributed by atoms with Crippen molar-refractivity contribution >= 4 is 45.0 Å². The summed E-state index contributed by atoms with van der Waals surface area (Å²) in [7, 11) is 1.97. The predicted octanol–water partition coefficient (Wildman–Crippen LogP) is 7.32. The van der Waals surface area contributed by atoms with Crippen molar-refractivity contribution in [1.82, 2.24) is 9.47 Å². The van der Waals surface area contributed by atoms with Crippen molar-refractivity contribution in [3.8, 4) is 16.2 Å². The van der Waals surface area contributed by atoms with Gasteiger partial charge < -0.3 is 19.8 Å². The molecule has 42 heavy (non-hydrogen) atoms. The van der Waals surface area contributed by atoms with E-state index < -0.39 is 17.4 Å². The fraction of sp³-hybridized carbons (Fsp3) is 0.188. The number of carbonyl (C=O) groups is 1. The van der Waals surface area contributed by atoms with Gasteiger partial charge in [0.15, 0.2) is 5.75 Å². The van der Waals surface area contributed by atoms with Crippen molar-refractivity contribution in [2.45, 2.75) is 26.6 Å². The van der Waals surface area contributed by atoms with Gasteiger partial charge in [-0.15, -0.1) is 11.3 Å². The Morgan fingerprint density at radius 3 is 2.45 bits per heavy atom. The van der Waals surface area contributed by atoms with Crippen LogP contribution in [0.3, 0.4) is 0 Å². The highest BCUT2D eigenvalue weighted by atomic mass is 35.5. The van der Waals surface area contributed by atoms with Crippen LogP contribution in [-0.2, 0) is 24.4 Å². The topological polar surface area (TPSA) is 86.8 Å². The van der Waals surface area contributed by atoms with Crippen LogP contribution in [0.4, 0.5) is 14.9 Å². The molecular formula is C32H29ClFN3O4S. The van der Waals surface area contributed by atoms with Gasteiger partial charge in [0, 0.05) is 34.2 Å². The molecule has 3 aromatic carbocycles. The SMILES string of the molecule is CCOC(=O)Oc1cn(Cc2c(F)cccc2Cl)c2sc(-c3ccc(N)cc3)c(CN(C)Cc3ccccc3)c2c1=O. The molecule has 0 saturated heterocycles. The molecule has 10 heteroatoms. The van der Waals surface area contributed by atoms with Crippen LogP contribution < -0.4 is 15.9 Å².